The second-order valence-electron chi connectivity index (χ2n) is 9.89. The van der Waals surface area contributed by atoms with Crippen LogP contribution in [0.5, 0.6) is 5.75 Å². The van der Waals surface area contributed by atoms with Crippen LogP contribution < -0.4 is 4.74 Å². The van der Waals surface area contributed by atoms with Gasteiger partial charge in [-0.05, 0) is 47.6 Å². The first-order chi connectivity index (χ1) is 14.4. The van der Waals surface area contributed by atoms with Crippen molar-refractivity contribution in [2.24, 2.45) is 5.41 Å². The first-order valence-corrected chi connectivity index (χ1v) is 11.5. The first kappa shape index (κ1) is 26.7. The molecule has 0 bridgehead atoms. The summed E-state index contributed by atoms with van der Waals surface area (Å²) in [5.74, 6) is 1.03. The van der Waals surface area contributed by atoms with E-state index in [4.69, 9.17) is 4.74 Å². The quantitative estimate of drug-likeness (QED) is 0.490. The van der Waals surface area contributed by atoms with Crippen LogP contribution in [0.1, 0.15) is 85.0 Å². The van der Waals surface area contributed by atoms with Crippen molar-refractivity contribution in [3.8, 4) is 5.75 Å². The third-order valence-electron chi connectivity index (χ3n) is 5.43. The highest BCUT2D eigenvalue weighted by atomic mass is 16.5. The van der Waals surface area contributed by atoms with Gasteiger partial charge in [-0.2, -0.15) is 0 Å². The van der Waals surface area contributed by atoms with E-state index in [1.807, 2.05) is 51.7 Å². The zero-order chi connectivity index (χ0) is 23.8. The summed E-state index contributed by atoms with van der Waals surface area (Å²) in [5, 5.41) is 0. The summed E-state index contributed by atoms with van der Waals surface area (Å²) in [6.45, 7) is 19.4. The maximum Gasteiger partial charge on any atom is 0.228 e. The molecule has 0 spiro atoms. The molecule has 172 valence electrons. The highest BCUT2D eigenvalue weighted by molar-refractivity contribution is 5.82. The second kappa shape index (κ2) is 11.4. The Bertz CT molecular complexity index is 793. The lowest BCUT2D eigenvalue weighted by Crippen LogP contribution is -2.42. The van der Waals surface area contributed by atoms with Crippen molar-refractivity contribution in [2.75, 3.05) is 13.7 Å². The molecule has 0 fully saturated rings. The van der Waals surface area contributed by atoms with E-state index in [2.05, 4.69) is 64.1 Å². The Labute approximate surface area is 190 Å². The fourth-order valence-corrected chi connectivity index (χ4v) is 3.39. The number of rotatable bonds is 6. The van der Waals surface area contributed by atoms with Crippen molar-refractivity contribution >= 4 is 5.91 Å². The summed E-state index contributed by atoms with van der Waals surface area (Å²) in [5.41, 5.74) is 3.38. The smallest absolute Gasteiger partial charge is 0.228 e. The Morgan fingerprint density at radius 2 is 1.42 bits per heavy atom. The number of hydrogen-bond acceptors (Lipinski definition) is 2. The molecule has 0 aromatic heterocycles. The number of ether oxygens (including phenoxy) is 1. The molecule has 1 atom stereocenters. The average molecular weight is 426 g/mol. The van der Waals surface area contributed by atoms with Crippen LogP contribution >= 0.6 is 0 Å². The Balaban J connectivity index is 0.00000233. The molecule has 0 N–H and O–H groups in total. The summed E-state index contributed by atoms with van der Waals surface area (Å²) >= 11 is 0. The van der Waals surface area contributed by atoms with E-state index in [-0.39, 0.29) is 17.4 Å². The maximum absolute atomic E-state index is 13.2. The lowest BCUT2D eigenvalue weighted by atomic mass is 9.86. The lowest BCUT2D eigenvalue weighted by Gasteiger charge is -2.35. The number of amides is 1. The fraction of sp³-hybridized carbons (Fsp3) is 0.536. The van der Waals surface area contributed by atoms with Gasteiger partial charge in [0.05, 0.1) is 13.2 Å². The molecule has 0 aliphatic rings. The van der Waals surface area contributed by atoms with E-state index >= 15 is 0 Å². The van der Waals surface area contributed by atoms with Crippen LogP contribution in [0.4, 0.5) is 0 Å². The second-order valence-corrected chi connectivity index (χ2v) is 9.89. The van der Waals surface area contributed by atoms with Gasteiger partial charge < -0.3 is 9.64 Å². The van der Waals surface area contributed by atoms with E-state index < -0.39 is 5.41 Å². The van der Waals surface area contributed by atoms with E-state index in [9.17, 15) is 4.79 Å². The number of nitrogens with zero attached hydrogens (tertiary/aromatic N) is 1. The van der Waals surface area contributed by atoms with Gasteiger partial charge in [0.25, 0.3) is 0 Å². The highest BCUT2D eigenvalue weighted by Gasteiger charge is 2.30. The van der Waals surface area contributed by atoms with Gasteiger partial charge in [0.1, 0.15) is 5.75 Å². The molecule has 0 heterocycles. The molecule has 2 aromatic carbocycles. The Morgan fingerprint density at radius 3 is 1.84 bits per heavy atom. The monoisotopic (exact) mass is 425 g/mol. The van der Waals surface area contributed by atoms with Crippen LogP contribution in [-0.4, -0.2) is 24.5 Å². The molecule has 0 saturated heterocycles. The summed E-state index contributed by atoms with van der Waals surface area (Å²) in [6.07, 6.45) is 0.816. The van der Waals surface area contributed by atoms with Crippen LogP contribution in [0.3, 0.4) is 0 Å². The van der Waals surface area contributed by atoms with Gasteiger partial charge in [-0.1, -0.05) is 91.8 Å². The van der Waals surface area contributed by atoms with Crippen molar-refractivity contribution in [1.29, 1.82) is 0 Å². The number of benzene rings is 2. The van der Waals surface area contributed by atoms with Crippen LogP contribution in [-0.2, 0) is 16.6 Å². The van der Waals surface area contributed by atoms with Gasteiger partial charge in [0, 0.05) is 12.0 Å². The molecule has 1 amide bonds. The number of carbonyl (C=O) groups excluding carboxylic acids is 1. The Hall–Kier alpha value is -2.29. The molecule has 31 heavy (non-hydrogen) atoms. The van der Waals surface area contributed by atoms with Gasteiger partial charge in [-0.3, -0.25) is 4.79 Å². The third-order valence-corrected chi connectivity index (χ3v) is 5.43. The molecule has 1 unspecified atom stereocenters. The molecular weight excluding hydrogens is 382 g/mol. The fourth-order valence-electron chi connectivity index (χ4n) is 3.39. The van der Waals surface area contributed by atoms with Gasteiger partial charge in [0.15, 0.2) is 0 Å². The van der Waals surface area contributed by atoms with Crippen molar-refractivity contribution in [2.45, 2.75) is 80.2 Å². The van der Waals surface area contributed by atoms with Crippen molar-refractivity contribution in [3.63, 3.8) is 0 Å². The highest BCUT2D eigenvalue weighted by Crippen LogP contribution is 2.29. The van der Waals surface area contributed by atoms with Crippen LogP contribution in [0, 0.1) is 5.41 Å². The molecule has 2 rings (SSSR count). The van der Waals surface area contributed by atoms with Crippen molar-refractivity contribution in [3.05, 3.63) is 65.2 Å². The molecule has 0 aliphatic heterocycles. The van der Waals surface area contributed by atoms with Crippen LogP contribution in [0.2, 0.25) is 0 Å². The normalized spacial score (nSPS) is 12.5. The number of methoxy groups -OCH3 is 1. The SMILES string of the molecule is CC.COc1ccc(CCN(C(=O)C(C)(C)C)C(C)c2ccc(C(C)(C)C)cc2)cc1. The molecular formula is C28H43NO2. The van der Waals surface area contributed by atoms with Crippen molar-refractivity contribution in [1.82, 2.24) is 4.90 Å². The van der Waals surface area contributed by atoms with Gasteiger partial charge in [-0.25, -0.2) is 0 Å². The average Bonchev–Trinajstić information content (AvgIpc) is 2.74. The topological polar surface area (TPSA) is 29.5 Å². The van der Waals surface area contributed by atoms with Crippen molar-refractivity contribution < 1.29 is 9.53 Å². The largest absolute Gasteiger partial charge is 0.497 e. The van der Waals surface area contributed by atoms with E-state index in [0.717, 1.165) is 12.2 Å². The molecule has 0 aliphatic carbocycles. The summed E-state index contributed by atoms with van der Waals surface area (Å²) in [7, 11) is 1.67. The van der Waals surface area contributed by atoms with Gasteiger partial charge >= 0.3 is 0 Å². The minimum absolute atomic E-state index is 0.0222. The summed E-state index contributed by atoms with van der Waals surface area (Å²) < 4.78 is 5.24. The molecule has 2 aromatic rings. The standard InChI is InChI=1S/C26H37NO2.C2H6/c1-19(21-11-13-22(14-12-21)25(2,3)4)27(24(28)26(5,6)7)18-17-20-9-15-23(29-8)16-10-20;1-2/h9-16,19H,17-18H2,1-8H3;1-2H3. The van der Waals surface area contributed by atoms with Gasteiger partial charge in [0.2, 0.25) is 5.91 Å². The Kier molecular flexibility index (Phi) is 9.80. The molecule has 0 radical (unpaired) electrons. The van der Waals surface area contributed by atoms with E-state index in [0.29, 0.717) is 6.54 Å². The minimum atomic E-state index is -0.417. The van der Waals surface area contributed by atoms with E-state index in [1.165, 1.54) is 16.7 Å². The lowest BCUT2D eigenvalue weighted by molar-refractivity contribution is -0.141. The number of hydrogen-bond donors (Lipinski definition) is 0. The predicted molar refractivity (Wildman–Crippen MR) is 133 cm³/mol. The molecule has 0 saturated carbocycles. The first-order valence-electron chi connectivity index (χ1n) is 11.5. The predicted octanol–water partition coefficient (Wildman–Crippen LogP) is 7.20. The zero-order valence-electron chi connectivity index (χ0n) is 21.4. The maximum atomic E-state index is 13.2. The molecule has 3 nitrogen and oxygen atoms in total. The Morgan fingerprint density at radius 1 is 0.903 bits per heavy atom. The summed E-state index contributed by atoms with van der Waals surface area (Å²) in [4.78, 5) is 15.3. The van der Waals surface area contributed by atoms with Crippen LogP contribution in [0.25, 0.3) is 0 Å². The van der Waals surface area contributed by atoms with E-state index in [1.54, 1.807) is 7.11 Å². The molecule has 3 heteroatoms. The minimum Gasteiger partial charge on any atom is -0.497 e. The summed E-state index contributed by atoms with van der Waals surface area (Å²) in [6, 6.07) is 16.8. The zero-order valence-corrected chi connectivity index (χ0v) is 21.4. The third kappa shape index (κ3) is 7.72. The number of carbonyl (C=O) groups is 1. The van der Waals surface area contributed by atoms with Crippen LogP contribution in [0.15, 0.2) is 48.5 Å². The van der Waals surface area contributed by atoms with Gasteiger partial charge in [-0.15, -0.1) is 0 Å².